The van der Waals surface area contributed by atoms with E-state index in [1.165, 1.54) is 19.3 Å². The lowest BCUT2D eigenvalue weighted by Crippen LogP contribution is -2.38. The van der Waals surface area contributed by atoms with Crippen molar-refractivity contribution < 1.29 is 4.74 Å². The lowest BCUT2D eigenvalue weighted by molar-refractivity contribution is 0.302. The van der Waals surface area contributed by atoms with Gasteiger partial charge in [0.2, 0.25) is 0 Å². The zero-order valence-corrected chi connectivity index (χ0v) is 10.2. The summed E-state index contributed by atoms with van der Waals surface area (Å²) in [6.07, 6.45) is 5.61. The van der Waals surface area contributed by atoms with Crippen LogP contribution in [-0.2, 0) is 5.54 Å². The Bertz CT molecular complexity index is 442. The van der Waals surface area contributed by atoms with Gasteiger partial charge >= 0.3 is 0 Å². The highest BCUT2D eigenvalue weighted by Gasteiger charge is 2.29. The average Bonchev–Trinajstić information content (AvgIpc) is 2.38. The molecular formula is C14H18N2O. The number of hydrogen-bond acceptors (Lipinski definition) is 3. The van der Waals surface area contributed by atoms with E-state index in [-0.39, 0.29) is 5.54 Å². The highest BCUT2D eigenvalue weighted by Crippen LogP contribution is 2.36. The minimum atomic E-state index is -0.254. The van der Waals surface area contributed by atoms with Crippen LogP contribution in [0.5, 0.6) is 5.75 Å². The summed E-state index contributed by atoms with van der Waals surface area (Å²) in [5.74, 6) is 0.621. The number of nitrogens with two attached hydrogens (primary N) is 1. The van der Waals surface area contributed by atoms with E-state index in [1.54, 1.807) is 7.11 Å². The topological polar surface area (TPSA) is 59.0 Å². The van der Waals surface area contributed by atoms with Gasteiger partial charge in [-0.05, 0) is 30.5 Å². The predicted molar refractivity (Wildman–Crippen MR) is 66.7 cm³/mol. The van der Waals surface area contributed by atoms with Gasteiger partial charge in [0.1, 0.15) is 11.8 Å². The second-order valence-electron chi connectivity index (χ2n) is 4.74. The zero-order chi connectivity index (χ0) is 12.3. The fraction of sp³-hybridized carbons (Fsp3) is 0.500. The lowest BCUT2D eigenvalue weighted by atomic mass is 9.77. The average molecular weight is 230 g/mol. The van der Waals surface area contributed by atoms with Crippen LogP contribution < -0.4 is 10.5 Å². The third kappa shape index (κ3) is 2.27. The molecule has 0 radical (unpaired) electrons. The monoisotopic (exact) mass is 230 g/mol. The Morgan fingerprint density at radius 3 is 2.59 bits per heavy atom. The van der Waals surface area contributed by atoms with Crippen LogP contribution in [0, 0.1) is 11.3 Å². The van der Waals surface area contributed by atoms with Crippen LogP contribution in [0.2, 0.25) is 0 Å². The van der Waals surface area contributed by atoms with Crippen molar-refractivity contribution in [2.45, 2.75) is 37.6 Å². The maximum absolute atomic E-state index is 9.09. The quantitative estimate of drug-likeness (QED) is 0.849. The third-order valence-electron chi connectivity index (χ3n) is 3.64. The number of nitriles is 1. The summed E-state index contributed by atoms with van der Waals surface area (Å²) in [5, 5.41) is 9.09. The van der Waals surface area contributed by atoms with E-state index in [2.05, 4.69) is 6.07 Å². The molecule has 1 saturated carbocycles. The van der Waals surface area contributed by atoms with E-state index in [9.17, 15) is 0 Å². The second-order valence-corrected chi connectivity index (χ2v) is 4.74. The molecule has 1 fully saturated rings. The molecule has 0 spiro atoms. The van der Waals surface area contributed by atoms with Crippen molar-refractivity contribution in [1.82, 2.24) is 0 Å². The molecule has 3 nitrogen and oxygen atoms in total. The Hall–Kier alpha value is -1.53. The molecule has 1 aromatic rings. The molecule has 1 aromatic carbocycles. The SMILES string of the molecule is COc1ccc(C2(N)CCCCC2)cc1C#N. The number of methoxy groups -OCH3 is 1. The van der Waals surface area contributed by atoms with Crippen LogP contribution in [0.1, 0.15) is 43.2 Å². The summed E-state index contributed by atoms with van der Waals surface area (Å²) in [5.41, 5.74) is 7.83. The van der Waals surface area contributed by atoms with Crippen LogP contribution in [0.25, 0.3) is 0 Å². The largest absolute Gasteiger partial charge is 0.495 e. The molecule has 90 valence electrons. The smallest absolute Gasteiger partial charge is 0.136 e. The van der Waals surface area contributed by atoms with Gasteiger partial charge in [0, 0.05) is 5.54 Å². The molecule has 1 aliphatic rings. The first-order valence-corrected chi connectivity index (χ1v) is 6.07. The van der Waals surface area contributed by atoms with Crippen LogP contribution >= 0.6 is 0 Å². The van der Waals surface area contributed by atoms with Gasteiger partial charge in [-0.25, -0.2) is 0 Å². The van der Waals surface area contributed by atoms with Gasteiger partial charge in [0.05, 0.1) is 12.7 Å². The molecule has 0 bridgehead atoms. The number of nitrogens with zero attached hydrogens (tertiary/aromatic N) is 1. The molecule has 2 N–H and O–H groups in total. The maximum Gasteiger partial charge on any atom is 0.136 e. The molecule has 0 heterocycles. The Balaban J connectivity index is 2.36. The van der Waals surface area contributed by atoms with Crippen molar-refractivity contribution in [3.63, 3.8) is 0 Å². The van der Waals surface area contributed by atoms with Crippen LogP contribution in [0.15, 0.2) is 18.2 Å². The molecule has 2 rings (SSSR count). The van der Waals surface area contributed by atoms with Gasteiger partial charge in [-0.1, -0.05) is 25.3 Å². The van der Waals surface area contributed by atoms with E-state index >= 15 is 0 Å². The standard InChI is InChI=1S/C14H18N2O/c1-17-13-6-5-12(9-11(13)10-15)14(16)7-3-2-4-8-14/h5-6,9H,2-4,7-8,16H2,1H3. The Kier molecular flexibility index (Phi) is 3.35. The van der Waals surface area contributed by atoms with Gasteiger partial charge < -0.3 is 10.5 Å². The summed E-state index contributed by atoms with van der Waals surface area (Å²) in [4.78, 5) is 0. The summed E-state index contributed by atoms with van der Waals surface area (Å²) < 4.78 is 5.15. The van der Waals surface area contributed by atoms with Crippen molar-refractivity contribution in [1.29, 1.82) is 5.26 Å². The zero-order valence-electron chi connectivity index (χ0n) is 10.2. The molecule has 17 heavy (non-hydrogen) atoms. The number of ether oxygens (including phenoxy) is 1. The van der Waals surface area contributed by atoms with Gasteiger partial charge in [0.25, 0.3) is 0 Å². The maximum atomic E-state index is 9.09. The highest BCUT2D eigenvalue weighted by atomic mass is 16.5. The Morgan fingerprint density at radius 1 is 1.29 bits per heavy atom. The van der Waals surface area contributed by atoms with E-state index in [0.29, 0.717) is 11.3 Å². The normalized spacial score (nSPS) is 18.4. The van der Waals surface area contributed by atoms with Crippen molar-refractivity contribution in [2.24, 2.45) is 5.73 Å². The van der Waals surface area contributed by atoms with E-state index in [4.69, 9.17) is 15.7 Å². The van der Waals surface area contributed by atoms with Crippen molar-refractivity contribution >= 4 is 0 Å². The first-order chi connectivity index (χ1) is 8.19. The van der Waals surface area contributed by atoms with E-state index in [1.807, 2.05) is 18.2 Å². The van der Waals surface area contributed by atoms with Crippen molar-refractivity contribution in [3.8, 4) is 11.8 Å². The second kappa shape index (κ2) is 4.77. The fourth-order valence-corrected chi connectivity index (χ4v) is 2.58. The fourth-order valence-electron chi connectivity index (χ4n) is 2.58. The van der Waals surface area contributed by atoms with Crippen LogP contribution in [-0.4, -0.2) is 7.11 Å². The first-order valence-electron chi connectivity index (χ1n) is 6.07. The molecule has 3 heteroatoms. The Morgan fingerprint density at radius 2 is 2.00 bits per heavy atom. The number of hydrogen-bond donors (Lipinski definition) is 1. The van der Waals surface area contributed by atoms with Crippen molar-refractivity contribution in [3.05, 3.63) is 29.3 Å². The van der Waals surface area contributed by atoms with Gasteiger partial charge in [0.15, 0.2) is 0 Å². The molecule has 0 unspecified atom stereocenters. The van der Waals surface area contributed by atoms with E-state index in [0.717, 1.165) is 18.4 Å². The minimum Gasteiger partial charge on any atom is -0.495 e. The predicted octanol–water partition coefficient (Wildman–Crippen LogP) is 2.68. The summed E-state index contributed by atoms with van der Waals surface area (Å²) in [7, 11) is 1.58. The van der Waals surface area contributed by atoms with Crippen LogP contribution in [0.3, 0.4) is 0 Å². The van der Waals surface area contributed by atoms with Crippen LogP contribution in [0.4, 0.5) is 0 Å². The first kappa shape index (κ1) is 11.9. The molecule has 0 atom stereocenters. The van der Waals surface area contributed by atoms with Gasteiger partial charge in [-0.2, -0.15) is 5.26 Å². The van der Waals surface area contributed by atoms with Crippen molar-refractivity contribution in [2.75, 3.05) is 7.11 Å². The third-order valence-corrected chi connectivity index (χ3v) is 3.64. The van der Waals surface area contributed by atoms with E-state index < -0.39 is 0 Å². The Labute approximate surface area is 102 Å². The molecule has 0 amide bonds. The highest BCUT2D eigenvalue weighted by molar-refractivity contribution is 5.47. The summed E-state index contributed by atoms with van der Waals surface area (Å²) >= 11 is 0. The molecule has 1 aliphatic carbocycles. The summed E-state index contributed by atoms with van der Waals surface area (Å²) in [6.45, 7) is 0. The number of benzene rings is 1. The van der Waals surface area contributed by atoms with Gasteiger partial charge in [-0.15, -0.1) is 0 Å². The molecular weight excluding hydrogens is 212 g/mol. The number of rotatable bonds is 2. The minimum absolute atomic E-state index is 0.254. The molecule has 0 saturated heterocycles. The van der Waals surface area contributed by atoms with Gasteiger partial charge in [-0.3, -0.25) is 0 Å². The summed E-state index contributed by atoms with van der Waals surface area (Å²) in [6, 6.07) is 7.88. The lowest BCUT2D eigenvalue weighted by Gasteiger charge is -2.34. The molecule has 0 aliphatic heterocycles. The molecule has 0 aromatic heterocycles.